The molecule has 0 spiro atoms. The fourth-order valence-electron chi connectivity index (χ4n) is 2.28. The first-order valence-corrected chi connectivity index (χ1v) is 7.62. The van der Waals surface area contributed by atoms with E-state index in [-0.39, 0.29) is 0 Å². The van der Waals surface area contributed by atoms with Gasteiger partial charge in [0.05, 0.1) is 3.79 Å². The number of halogens is 1. The standard InChI is InChI=1S/C12H19BrN2S/c1-2-3-10(11-4-5-12(13)16-11)15-8-6-14-7-9-15/h4-5,10,14H,2-3,6-9H2,1H3/t10-/m1/s1. The van der Waals surface area contributed by atoms with Crippen LogP contribution in [-0.2, 0) is 0 Å². The minimum Gasteiger partial charge on any atom is -0.314 e. The topological polar surface area (TPSA) is 15.3 Å². The van der Waals surface area contributed by atoms with Gasteiger partial charge in [-0.15, -0.1) is 11.3 Å². The van der Waals surface area contributed by atoms with Crippen molar-refractivity contribution in [1.82, 2.24) is 10.2 Å². The average Bonchev–Trinajstić information content (AvgIpc) is 2.74. The summed E-state index contributed by atoms with van der Waals surface area (Å²) in [6.45, 7) is 6.90. The van der Waals surface area contributed by atoms with Gasteiger partial charge in [-0.1, -0.05) is 13.3 Å². The van der Waals surface area contributed by atoms with E-state index in [1.807, 2.05) is 11.3 Å². The monoisotopic (exact) mass is 302 g/mol. The largest absolute Gasteiger partial charge is 0.314 e. The van der Waals surface area contributed by atoms with Crippen molar-refractivity contribution >= 4 is 27.3 Å². The molecule has 4 heteroatoms. The Morgan fingerprint density at radius 2 is 2.19 bits per heavy atom. The van der Waals surface area contributed by atoms with Crippen LogP contribution in [-0.4, -0.2) is 31.1 Å². The first kappa shape index (κ1) is 12.6. The number of thiophene rings is 1. The van der Waals surface area contributed by atoms with Gasteiger partial charge in [-0.2, -0.15) is 0 Å². The molecule has 2 heterocycles. The predicted molar refractivity (Wildman–Crippen MR) is 74.1 cm³/mol. The lowest BCUT2D eigenvalue weighted by Gasteiger charge is -2.34. The van der Waals surface area contributed by atoms with Crippen LogP contribution in [0.1, 0.15) is 30.7 Å². The second-order valence-corrected chi connectivity index (χ2v) is 6.73. The smallest absolute Gasteiger partial charge is 0.0701 e. The Morgan fingerprint density at radius 1 is 1.44 bits per heavy atom. The lowest BCUT2D eigenvalue weighted by molar-refractivity contribution is 0.167. The van der Waals surface area contributed by atoms with E-state index in [2.05, 4.69) is 45.2 Å². The van der Waals surface area contributed by atoms with Crippen molar-refractivity contribution in [3.05, 3.63) is 20.8 Å². The van der Waals surface area contributed by atoms with Gasteiger partial charge in [-0.25, -0.2) is 0 Å². The van der Waals surface area contributed by atoms with Crippen molar-refractivity contribution in [3.8, 4) is 0 Å². The molecule has 1 aliphatic rings. The number of piperazine rings is 1. The lowest BCUT2D eigenvalue weighted by atomic mass is 10.1. The molecule has 2 nitrogen and oxygen atoms in total. The zero-order chi connectivity index (χ0) is 11.4. The van der Waals surface area contributed by atoms with Gasteiger partial charge in [0.15, 0.2) is 0 Å². The van der Waals surface area contributed by atoms with Crippen molar-refractivity contribution in [2.45, 2.75) is 25.8 Å². The van der Waals surface area contributed by atoms with Gasteiger partial charge < -0.3 is 5.32 Å². The molecule has 0 unspecified atom stereocenters. The predicted octanol–water partition coefficient (Wildman–Crippen LogP) is 3.26. The summed E-state index contributed by atoms with van der Waals surface area (Å²) in [5.41, 5.74) is 0. The molecule has 16 heavy (non-hydrogen) atoms. The molecule has 0 aliphatic carbocycles. The van der Waals surface area contributed by atoms with Crippen molar-refractivity contribution in [2.24, 2.45) is 0 Å². The second-order valence-electron chi connectivity index (χ2n) is 4.23. The summed E-state index contributed by atoms with van der Waals surface area (Å²) in [5.74, 6) is 0. The SMILES string of the molecule is CCC[C@H](c1ccc(Br)s1)N1CCNCC1. The summed E-state index contributed by atoms with van der Waals surface area (Å²) in [6.07, 6.45) is 2.52. The maximum atomic E-state index is 3.56. The van der Waals surface area contributed by atoms with Gasteiger partial charge in [-0.3, -0.25) is 4.90 Å². The number of hydrogen-bond acceptors (Lipinski definition) is 3. The highest BCUT2D eigenvalue weighted by Gasteiger charge is 2.22. The van der Waals surface area contributed by atoms with Gasteiger partial charge in [0, 0.05) is 37.1 Å². The van der Waals surface area contributed by atoms with Crippen molar-refractivity contribution < 1.29 is 0 Å². The third kappa shape index (κ3) is 3.06. The van der Waals surface area contributed by atoms with E-state index in [1.54, 1.807) is 0 Å². The normalized spacial score (nSPS) is 19.9. The molecule has 0 radical (unpaired) electrons. The van der Waals surface area contributed by atoms with Crippen molar-refractivity contribution in [2.75, 3.05) is 26.2 Å². The lowest BCUT2D eigenvalue weighted by Crippen LogP contribution is -2.44. The molecule has 1 saturated heterocycles. The minimum absolute atomic E-state index is 0.628. The van der Waals surface area contributed by atoms with E-state index < -0.39 is 0 Å². The zero-order valence-electron chi connectivity index (χ0n) is 9.71. The number of nitrogens with zero attached hydrogens (tertiary/aromatic N) is 1. The molecule has 1 fully saturated rings. The summed E-state index contributed by atoms with van der Waals surface area (Å²) in [5, 5.41) is 3.42. The van der Waals surface area contributed by atoms with Crippen LogP contribution in [0, 0.1) is 0 Å². The molecular formula is C12H19BrN2S. The number of hydrogen-bond donors (Lipinski definition) is 1. The van der Waals surface area contributed by atoms with E-state index in [1.165, 1.54) is 34.6 Å². The third-order valence-corrected chi connectivity index (χ3v) is 4.80. The quantitative estimate of drug-likeness (QED) is 0.918. The van der Waals surface area contributed by atoms with Gasteiger partial charge in [0.2, 0.25) is 0 Å². The number of nitrogens with one attached hydrogen (secondary N) is 1. The Hall–Kier alpha value is 0.1000. The van der Waals surface area contributed by atoms with Crippen LogP contribution < -0.4 is 5.32 Å². The summed E-state index contributed by atoms with van der Waals surface area (Å²) in [4.78, 5) is 4.13. The van der Waals surface area contributed by atoms with Crippen molar-refractivity contribution in [3.63, 3.8) is 0 Å². The van der Waals surface area contributed by atoms with Crippen LogP contribution in [0.2, 0.25) is 0 Å². The van der Waals surface area contributed by atoms with Crippen LogP contribution in [0.3, 0.4) is 0 Å². The Labute approximate surface area is 110 Å². The molecular weight excluding hydrogens is 284 g/mol. The number of rotatable bonds is 4. The molecule has 1 aromatic heterocycles. The molecule has 90 valence electrons. The molecule has 0 amide bonds. The third-order valence-electron chi connectivity index (χ3n) is 3.08. The molecule has 2 rings (SSSR count). The summed E-state index contributed by atoms with van der Waals surface area (Å²) >= 11 is 5.45. The fourth-order valence-corrected chi connectivity index (χ4v) is 3.87. The van der Waals surface area contributed by atoms with Crippen LogP contribution in [0.15, 0.2) is 15.9 Å². The summed E-state index contributed by atoms with van der Waals surface area (Å²) < 4.78 is 1.25. The molecule has 1 aromatic rings. The molecule has 1 aliphatic heterocycles. The Morgan fingerprint density at radius 3 is 2.75 bits per heavy atom. The Bertz CT molecular complexity index is 321. The highest BCUT2D eigenvalue weighted by Crippen LogP contribution is 2.33. The average molecular weight is 303 g/mol. The Balaban J connectivity index is 2.09. The highest BCUT2D eigenvalue weighted by atomic mass is 79.9. The van der Waals surface area contributed by atoms with Crippen LogP contribution in [0.5, 0.6) is 0 Å². The molecule has 0 saturated carbocycles. The molecule has 1 N–H and O–H groups in total. The molecule has 1 atom stereocenters. The van der Waals surface area contributed by atoms with Crippen LogP contribution >= 0.6 is 27.3 Å². The van der Waals surface area contributed by atoms with Gasteiger partial charge in [0.1, 0.15) is 0 Å². The molecule has 0 aromatic carbocycles. The first-order chi connectivity index (χ1) is 7.81. The summed E-state index contributed by atoms with van der Waals surface area (Å²) in [7, 11) is 0. The summed E-state index contributed by atoms with van der Waals surface area (Å²) in [6, 6.07) is 5.07. The van der Waals surface area contributed by atoms with Gasteiger partial charge >= 0.3 is 0 Å². The van der Waals surface area contributed by atoms with Gasteiger partial charge in [0.25, 0.3) is 0 Å². The van der Waals surface area contributed by atoms with Crippen LogP contribution in [0.25, 0.3) is 0 Å². The minimum atomic E-state index is 0.628. The zero-order valence-corrected chi connectivity index (χ0v) is 12.1. The van der Waals surface area contributed by atoms with Gasteiger partial charge in [-0.05, 0) is 34.5 Å². The van der Waals surface area contributed by atoms with E-state index in [4.69, 9.17) is 0 Å². The fraction of sp³-hybridized carbons (Fsp3) is 0.667. The maximum Gasteiger partial charge on any atom is 0.0701 e. The maximum absolute atomic E-state index is 3.56. The van der Waals surface area contributed by atoms with E-state index in [9.17, 15) is 0 Å². The van der Waals surface area contributed by atoms with E-state index in [0.29, 0.717) is 6.04 Å². The van der Waals surface area contributed by atoms with Crippen LogP contribution in [0.4, 0.5) is 0 Å². The first-order valence-electron chi connectivity index (χ1n) is 6.01. The molecule has 0 bridgehead atoms. The Kier molecular flexibility index (Phi) is 4.82. The second kappa shape index (κ2) is 6.15. The van der Waals surface area contributed by atoms with Crippen molar-refractivity contribution in [1.29, 1.82) is 0 Å². The van der Waals surface area contributed by atoms with E-state index in [0.717, 1.165) is 13.1 Å². The highest BCUT2D eigenvalue weighted by molar-refractivity contribution is 9.11. The van der Waals surface area contributed by atoms with E-state index >= 15 is 0 Å².